The highest BCUT2D eigenvalue weighted by atomic mass is 19.1. The van der Waals surface area contributed by atoms with Crippen molar-refractivity contribution in [2.45, 2.75) is 51.6 Å². The van der Waals surface area contributed by atoms with Crippen LogP contribution in [0.2, 0.25) is 0 Å². The van der Waals surface area contributed by atoms with E-state index in [0.29, 0.717) is 55.0 Å². The molecule has 1 aliphatic rings. The lowest BCUT2D eigenvalue weighted by atomic mass is 9.90. The maximum atomic E-state index is 13.6. The van der Waals surface area contributed by atoms with Gasteiger partial charge in [-0.25, -0.2) is 13.9 Å². The molecule has 1 aliphatic heterocycles. The maximum Gasteiger partial charge on any atom is 0.410 e. The van der Waals surface area contributed by atoms with Gasteiger partial charge in [0.2, 0.25) is 0 Å². The Bertz CT molecular complexity index is 1300. The molecule has 8 nitrogen and oxygen atoms in total. The van der Waals surface area contributed by atoms with Crippen LogP contribution in [0, 0.1) is 17.1 Å². The van der Waals surface area contributed by atoms with E-state index in [0.717, 1.165) is 5.56 Å². The molecule has 0 bridgehead atoms. The van der Waals surface area contributed by atoms with Crippen LogP contribution in [0.1, 0.15) is 61.1 Å². The monoisotopic (exact) mass is 503 g/mol. The molecule has 1 aromatic heterocycles. The molecule has 0 radical (unpaired) electrons. The third kappa shape index (κ3) is 6.33. The number of aromatic nitrogens is 2. The Morgan fingerprint density at radius 3 is 2.35 bits per heavy atom. The molecule has 1 N–H and O–H groups in total. The second kappa shape index (κ2) is 10.8. The number of rotatable bonds is 5. The number of carbonyl (C=O) groups excluding carboxylic acids is 2. The van der Waals surface area contributed by atoms with Gasteiger partial charge in [0.05, 0.1) is 35.6 Å². The molecule has 1 saturated heterocycles. The largest absolute Gasteiger partial charge is 0.444 e. The topological polar surface area (TPSA) is 100 Å². The van der Waals surface area contributed by atoms with Crippen LogP contribution in [-0.2, 0) is 11.2 Å². The number of piperidine rings is 1. The lowest BCUT2D eigenvalue weighted by molar-refractivity contribution is 0.0203. The van der Waals surface area contributed by atoms with Crippen LogP contribution in [-0.4, -0.2) is 45.4 Å². The molecule has 37 heavy (non-hydrogen) atoms. The predicted octanol–water partition coefficient (Wildman–Crippen LogP) is 5.44. The van der Waals surface area contributed by atoms with Crippen molar-refractivity contribution in [3.8, 4) is 11.8 Å². The lowest BCUT2D eigenvalue weighted by Gasteiger charge is -2.34. The summed E-state index contributed by atoms with van der Waals surface area (Å²) in [6, 6.07) is 15.2. The molecule has 0 atom stereocenters. The molecular formula is C28H30FN5O3. The molecule has 3 aromatic rings. The van der Waals surface area contributed by atoms with E-state index >= 15 is 0 Å². The summed E-state index contributed by atoms with van der Waals surface area (Å²) in [6.45, 7) is 6.47. The number of halogens is 1. The summed E-state index contributed by atoms with van der Waals surface area (Å²) >= 11 is 0. The van der Waals surface area contributed by atoms with Crippen molar-refractivity contribution in [1.82, 2.24) is 14.7 Å². The molecule has 0 spiro atoms. The highest BCUT2D eigenvalue weighted by molar-refractivity contribution is 6.05. The van der Waals surface area contributed by atoms with E-state index in [2.05, 4.69) is 16.5 Å². The van der Waals surface area contributed by atoms with Gasteiger partial charge in [-0.1, -0.05) is 12.1 Å². The second-order valence-electron chi connectivity index (χ2n) is 10.1. The summed E-state index contributed by atoms with van der Waals surface area (Å²) in [4.78, 5) is 27.6. The summed E-state index contributed by atoms with van der Waals surface area (Å²) in [6.07, 6.45) is 2.71. The molecule has 0 saturated carbocycles. The minimum Gasteiger partial charge on any atom is -0.444 e. The number of nitrogens with one attached hydrogen (secondary N) is 1. The summed E-state index contributed by atoms with van der Waals surface area (Å²) in [7, 11) is 0. The van der Waals surface area contributed by atoms with Crippen molar-refractivity contribution in [3.05, 3.63) is 77.4 Å². The number of hydrogen-bond donors (Lipinski definition) is 1. The van der Waals surface area contributed by atoms with Gasteiger partial charge in [0.1, 0.15) is 11.4 Å². The number of carbonyl (C=O) groups is 2. The Hall–Kier alpha value is -4.19. The zero-order chi connectivity index (χ0) is 26.6. The Morgan fingerprint density at radius 1 is 1.11 bits per heavy atom. The summed E-state index contributed by atoms with van der Waals surface area (Å²) in [5, 5.41) is 16.3. The van der Waals surface area contributed by atoms with Gasteiger partial charge >= 0.3 is 6.09 Å². The Balaban J connectivity index is 1.59. The molecule has 2 amide bonds. The molecular weight excluding hydrogens is 473 g/mol. The van der Waals surface area contributed by atoms with Crippen molar-refractivity contribution < 1.29 is 18.7 Å². The van der Waals surface area contributed by atoms with Crippen molar-refractivity contribution in [2.24, 2.45) is 0 Å². The highest BCUT2D eigenvalue weighted by Crippen LogP contribution is 2.33. The Morgan fingerprint density at radius 2 is 1.76 bits per heavy atom. The Kier molecular flexibility index (Phi) is 7.58. The summed E-state index contributed by atoms with van der Waals surface area (Å²) < 4.78 is 20.8. The average molecular weight is 504 g/mol. The summed E-state index contributed by atoms with van der Waals surface area (Å²) in [5.74, 6) is -0.725. The van der Waals surface area contributed by atoms with Crippen molar-refractivity contribution in [3.63, 3.8) is 0 Å². The zero-order valence-corrected chi connectivity index (χ0v) is 21.2. The van der Waals surface area contributed by atoms with E-state index in [4.69, 9.17) is 10.00 Å². The van der Waals surface area contributed by atoms with Gasteiger partial charge in [0, 0.05) is 24.7 Å². The van der Waals surface area contributed by atoms with Crippen molar-refractivity contribution in [1.29, 1.82) is 5.26 Å². The van der Waals surface area contributed by atoms with Gasteiger partial charge in [-0.15, -0.1) is 0 Å². The van der Waals surface area contributed by atoms with E-state index in [1.54, 1.807) is 46.0 Å². The third-order valence-corrected chi connectivity index (χ3v) is 6.15. The normalized spacial score (nSPS) is 14.2. The number of amides is 2. The smallest absolute Gasteiger partial charge is 0.410 e. The fourth-order valence-corrected chi connectivity index (χ4v) is 4.37. The number of ether oxygens (including phenoxy) is 1. The Labute approximate surface area is 215 Å². The minimum atomic E-state index is -0.576. The van der Waals surface area contributed by atoms with Gasteiger partial charge in [0.15, 0.2) is 0 Å². The molecule has 192 valence electrons. The van der Waals surface area contributed by atoms with Crippen molar-refractivity contribution in [2.75, 3.05) is 18.4 Å². The van der Waals surface area contributed by atoms with Gasteiger partial charge in [-0.2, -0.15) is 10.4 Å². The molecule has 0 aliphatic carbocycles. The first-order valence-corrected chi connectivity index (χ1v) is 12.2. The molecule has 1 fully saturated rings. The molecule has 4 rings (SSSR count). The second-order valence-corrected chi connectivity index (χ2v) is 10.1. The van der Waals surface area contributed by atoms with Gasteiger partial charge < -0.3 is 15.0 Å². The van der Waals surface area contributed by atoms with Crippen LogP contribution >= 0.6 is 0 Å². The summed E-state index contributed by atoms with van der Waals surface area (Å²) in [5.41, 5.74) is 2.67. The van der Waals surface area contributed by atoms with Gasteiger partial charge in [-0.3, -0.25) is 4.79 Å². The molecule has 9 heteroatoms. The number of hydrogen-bond acceptors (Lipinski definition) is 5. The molecule has 2 aromatic carbocycles. The van der Waals surface area contributed by atoms with Crippen LogP contribution in [0.5, 0.6) is 0 Å². The minimum absolute atomic E-state index is 0.0509. The average Bonchev–Trinajstić information content (AvgIpc) is 3.30. The fraction of sp³-hybridized carbons (Fsp3) is 0.357. The number of benzene rings is 2. The zero-order valence-electron chi connectivity index (χ0n) is 21.2. The van der Waals surface area contributed by atoms with E-state index in [1.807, 2.05) is 20.8 Å². The van der Waals surface area contributed by atoms with Gasteiger partial charge in [-0.05, 0) is 75.6 Å². The first-order valence-electron chi connectivity index (χ1n) is 12.2. The highest BCUT2D eigenvalue weighted by Gasteiger charge is 2.32. The van der Waals surface area contributed by atoms with Crippen LogP contribution in [0.3, 0.4) is 0 Å². The number of nitriles is 1. The number of nitrogens with zero attached hydrogens (tertiary/aromatic N) is 4. The van der Waals surface area contributed by atoms with Crippen LogP contribution < -0.4 is 5.32 Å². The predicted molar refractivity (Wildman–Crippen MR) is 137 cm³/mol. The van der Waals surface area contributed by atoms with Gasteiger partial charge in [0.25, 0.3) is 5.91 Å². The lowest BCUT2D eigenvalue weighted by Crippen LogP contribution is -2.41. The van der Waals surface area contributed by atoms with Crippen LogP contribution in [0.15, 0.2) is 54.7 Å². The standard InChI is InChI=1S/C28H30FN5O3/c1-28(2,3)37-27(36)33-16-13-20(14-17-33)25-24(18-31-34(25)23-10-6-21(29)7-11-23)26(35)32-22-8-4-19(5-9-22)12-15-30/h4-11,18,20H,12-14,16-17H2,1-3H3,(H,32,35). The number of likely N-dealkylation sites (tertiary alicyclic amines) is 1. The third-order valence-electron chi connectivity index (χ3n) is 6.15. The molecule has 0 unspecified atom stereocenters. The van der Waals surface area contributed by atoms with E-state index in [1.165, 1.54) is 18.3 Å². The first-order chi connectivity index (χ1) is 17.6. The van der Waals surface area contributed by atoms with E-state index < -0.39 is 5.60 Å². The van der Waals surface area contributed by atoms with E-state index in [9.17, 15) is 14.0 Å². The number of anilines is 1. The quantitative estimate of drug-likeness (QED) is 0.499. The maximum absolute atomic E-state index is 13.6. The van der Waals surface area contributed by atoms with Crippen molar-refractivity contribution >= 4 is 17.7 Å². The van der Waals surface area contributed by atoms with Crippen LogP contribution in [0.4, 0.5) is 14.9 Å². The first kappa shape index (κ1) is 25.9. The van der Waals surface area contributed by atoms with Crippen LogP contribution in [0.25, 0.3) is 5.69 Å². The van der Waals surface area contributed by atoms with E-state index in [-0.39, 0.29) is 23.7 Å². The SMILES string of the molecule is CC(C)(C)OC(=O)N1CCC(c2c(C(=O)Nc3ccc(CC#N)cc3)cnn2-c2ccc(F)cc2)CC1. The fourth-order valence-electron chi connectivity index (χ4n) is 4.37. The molecule has 2 heterocycles.